The van der Waals surface area contributed by atoms with Crippen LogP contribution in [0, 0.1) is 0 Å². The Morgan fingerprint density at radius 2 is 2.11 bits per heavy atom. The number of halogens is 1. The molecule has 0 fully saturated rings. The van der Waals surface area contributed by atoms with Crippen molar-refractivity contribution in [3.05, 3.63) is 53.3 Å². The first kappa shape index (κ1) is 12.5. The van der Waals surface area contributed by atoms with Crippen molar-refractivity contribution in [1.29, 1.82) is 0 Å². The van der Waals surface area contributed by atoms with Crippen molar-refractivity contribution < 1.29 is 4.79 Å². The highest BCUT2D eigenvalue weighted by Crippen LogP contribution is 2.34. The van der Waals surface area contributed by atoms with E-state index in [1.165, 1.54) is 6.20 Å². The second-order valence-electron chi connectivity index (χ2n) is 4.14. The summed E-state index contributed by atoms with van der Waals surface area (Å²) in [5.41, 5.74) is 1.53. The lowest BCUT2D eigenvalue weighted by Crippen LogP contribution is -2.35. The third-order valence-electron chi connectivity index (χ3n) is 2.95. The lowest BCUT2D eigenvalue weighted by atomic mass is 10.2. The van der Waals surface area contributed by atoms with Gasteiger partial charge >= 0.3 is 0 Å². The molecule has 0 unspecified atom stereocenters. The molecule has 0 N–H and O–H groups in total. The van der Waals surface area contributed by atoms with E-state index in [0.29, 0.717) is 17.3 Å². The highest BCUT2D eigenvalue weighted by Gasteiger charge is 2.23. The predicted octanol–water partition coefficient (Wildman–Crippen LogP) is 3.49. The van der Waals surface area contributed by atoms with Crippen LogP contribution in [0.2, 0.25) is 5.15 Å². The van der Waals surface area contributed by atoms with Gasteiger partial charge in [0.15, 0.2) is 0 Å². The number of fused-ring (bicyclic) bond motifs is 1. The topological polar surface area (TPSA) is 33.2 Å². The second-order valence-corrected chi connectivity index (χ2v) is 5.67. The lowest BCUT2D eigenvalue weighted by Gasteiger charge is -2.28. The Morgan fingerprint density at radius 3 is 2.89 bits per heavy atom. The number of rotatable bonds is 1. The minimum Gasteiger partial charge on any atom is -0.306 e. The number of hydrogen-bond donors (Lipinski definition) is 0. The first-order valence-corrected chi connectivity index (χ1v) is 7.27. The van der Waals surface area contributed by atoms with Gasteiger partial charge in [0.25, 0.3) is 5.91 Å². The quantitative estimate of drug-likeness (QED) is 0.754. The van der Waals surface area contributed by atoms with Crippen molar-refractivity contribution in [1.82, 2.24) is 4.98 Å². The van der Waals surface area contributed by atoms with Crippen LogP contribution in [0.25, 0.3) is 0 Å². The van der Waals surface area contributed by atoms with Gasteiger partial charge in [-0.2, -0.15) is 0 Å². The number of benzene rings is 1. The minimum absolute atomic E-state index is 0.0306. The number of nitrogens with zero attached hydrogens (tertiary/aromatic N) is 2. The average molecular weight is 291 g/mol. The Hall–Kier alpha value is -1.52. The van der Waals surface area contributed by atoms with Gasteiger partial charge < -0.3 is 4.90 Å². The average Bonchev–Trinajstić information content (AvgIpc) is 2.47. The molecule has 3 nitrogen and oxygen atoms in total. The first-order valence-electron chi connectivity index (χ1n) is 5.91. The van der Waals surface area contributed by atoms with Crippen molar-refractivity contribution in [3.8, 4) is 0 Å². The molecular weight excluding hydrogens is 280 g/mol. The molecule has 2 aromatic rings. The fraction of sp³-hybridized carbons (Fsp3) is 0.143. The molecule has 3 rings (SSSR count). The van der Waals surface area contributed by atoms with Crippen molar-refractivity contribution >= 4 is 35.0 Å². The number of amides is 1. The van der Waals surface area contributed by atoms with Gasteiger partial charge in [-0.25, -0.2) is 4.98 Å². The summed E-state index contributed by atoms with van der Waals surface area (Å²) in [6.45, 7) is 0.711. The van der Waals surface area contributed by atoms with E-state index in [-0.39, 0.29) is 5.91 Å². The van der Waals surface area contributed by atoms with Gasteiger partial charge in [-0.15, -0.1) is 11.8 Å². The van der Waals surface area contributed by atoms with E-state index >= 15 is 0 Å². The standard InChI is InChI=1S/C14H11ClN2OS/c15-13-6-5-10(9-16-13)14(18)17-7-8-19-12-4-2-1-3-11(12)17/h1-6,9H,7-8H2. The molecule has 0 atom stereocenters. The number of hydrogen-bond acceptors (Lipinski definition) is 3. The Balaban J connectivity index is 1.95. The molecule has 1 aromatic heterocycles. The monoisotopic (exact) mass is 290 g/mol. The van der Waals surface area contributed by atoms with Crippen molar-refractivity contribution in [2.24, 2.45) is 0 Å². The molecule has 0 saturated heterocycles. The van der Waals surface area contributed by atoms with Crippen LogP contribution >= 0.6 is 23.4 Å². The van der Waals surface area contributed by atoms with Gasteiger partial charge in [-0.1, -0.05) is 23.7 Å². The SMILES string of the molecule is O=C(c1ccc(Cl)nc1)N1CCSc2ccccc21. The number of para-hydroxylation sites is 1. The zero-order chi connectivity index (χ0) is 13.2. The summed E-state index contributed by atoms with van der Waals surface area (Å²) in [6.07, 6.45) is 1.52. The molecule has 96 valence electrons. The van der Waals surface area contributed by atoms with E-state index in [1.807, 2.05) is 24.3 Å². The highest BCUT2D eigenvalue weighted by atomic mass is 35.5. The number of anilines is 1. The van der Waals surface area contributed by atoms with Crippen LogP contribution in [0.1, 0.15) is 10.4 Å². The largest absolute Gasteiger partial charge is 0.306 e. The Morgan fingerprint density at radius 1 is 1.26 bits per heavy atom. The van der Waals surface area contributed by atoms with Crippen LogP contribution in [-0.4, -0.2) is 23.2 Å². The van der Waals surface area contributed by atoms with Crippen LogP contribution in [0.15, 0.2) is 47.5 Å². The van der Waals surface area contributed by atoms with Crippen molar-refractivity contribution in [3.63, 3.8) is 0 Å². The van der Waals surface area contributed by atoms with Crippen molar-refractivity contribution in [2.45, 2.75) is 4.90 Å². The minimum atomic E-state index is -0.0306. The Bertz CT molecular complexity index is 615. The summed E-state index contributed by atoms with van der Waals surface area (Å²) < 4.78 is 0. The molecule has 1 aliphatic rings. The molecule has 1 aliphatic heterocycles. The van der Waals surface area contributed by atoms with E-state index < -0.39 is 0 Å². The van der Waals surface area contributed by atoms with Crippen LogP contribution in [0.3, 0.4) is 0 Å². The fourth-order valence-corrected chi connectivity index (χ4v) is 3.15. The normalized spacial score (nSPS) is 14.1. The zero-order valence-electron chi connectivity index (χ0n) is 10.0. The molecular formula is C14H11ClN2OS. The third kappa shape index (κ3) is 2.46. The van der Waals surface area contributed by atoms with Gasteiger partial charge in [0, 0.05) is 23.4 Å². The van der Waals surface area contributed by atoms with Gasteiger partial charge in [0.05, 0.1) is 11.3 Å². The highest BCUT2D eigenvalue weighted by molar-refractivity contribution is 7.99. The number of carbonyl (C=O) groups is 1. The maximum atomic E-state index is 12.5. The summed E-state index contributed by atoms with van der Waals surface area (Å²) >= 11 is 7.52. The summed E-state index contributed by atoms with van der Waals surface area (Å²) in [5, 5.41) is 0.395. The molecule has 0 saturated carbocycles. The van der Waals surface area contributed by atoms with Crippen molar-refractivity contribution in [2.75, 3.05) is 17.2 Å². The summed E-state index contributed by atoms with van der Waals surface area (Å²) in [4.78, 5) is 19.4. The summed E-state index contributed by atoms with van der Waals surface area (Å²) in [7, 11) is 0. The predicted molar refractivity (Wildman–Crippen MR) is 78.1 cm³/mol. The Labute approximate surface area is 120 Å². The van der Waals surface area contributed by atoms with Gasteiger partial charge in [0.2, 0.25) is 0 Å². The molecule has 0 spiro atoms. The fourth-order valence-electron chi connectivity index (χ4n) is 2.04. The smallest absolute Gasteiger partial charge is 0.259 e. The first-order chi connectivity index (χ1) is 9.25. The van der Waals surface area contributed by atoms with E-state index in [4.69, 9.17) is 11.6 Å². The van der Waals surface area contributed by atoms with Crippen LogP contribution < -0.4 is 4.90 Å². The molecule has 19 heavy (non-hydrogen) atoms. The molecule has 0 aliphatic carbocycles. The number of carbonyl (C=O) groups excluding carboxylic acids is 1. The maximum absolute atomic E-state index is 12.5. The van der Waals surface area contributed by atoms with Crippen LogP contribution in [-0.2, 0) is 0 Å². The van der Waals surface area contributed by atoms with Gasteiger partial charge in [-0.3, -0.25) is 4.79 Å². The van der Waals surface area contributed by atoms with Crippen LogP contribution in [0.4, 0.5) is 5.69 Å². The number of aromatic nitrogens is 1. The molecule has 2 heterocycles. The molecule has 5 heteroatoms. The number of pyridine rings is 1. The van der Waals surface area contributed by atoms with Gasteiger partial charge in [-0.05, 0) is 24.3 Å². The van der Waals surface area contributed by atoms with E-state index in [2.05, 4.69) is 4.98 Å². The van der Waals surface area contributed by atoms with E-state index in [0.717, 1.165) is 16.3 Å². The number of thioether (sulfide) groups is 1. The molecule has 0 bridgehead atoms. The third-order valence-corrected chi connectivity index (χ3v) is 4.21. The van der Waals surface area contributed by atoms with Gasteiger partial charge in [0.1, 0.15) is 5.15 Å². The second kappa shape index (κ2) is 5.23. The zero-order valence-corrected chi connectivity index (χ0v) is 11.6. The molecule has 1 amide bonds. The lowest BCUT2D eigenvalue weighted by molar-refractivity contribution is 0.0987. The molecule has 0 radical (unpaired) electrons. The van der Waals surface area contributed by atoms with E-state index in [9.17, 15) is 4.79 Å². The van der Waals surface area contributed by atoms with Crippen LogP contribution in [0.5, 0.6) is 0 Å². The summed E-state index contributed by atoms with van der Waals surface area (Å²) in [6, 6.07) is 11.3. The summed E-state index contributed by atoms with van der Waals surface area (Å²) in [5.74, 6) is 0.876. The molecule has 1 aromatic carbocycles. The van der Waals surface area contributed by atoms with E-state index in [1.54, 1.807) is 28.8 Å². The Kier molecular flexibility index (Phi) is 3.44. The maximum Gasteiger partial charge on any atom is 0.259 e.